The van der Waals surface area contributed by atoms with Crippen molar-refractivity contribution in [2.24, 2.45) is 0 Å². The average Bonchev–Trinajstić information content (AvgIpc) is 2.24. The van der Waals surface area contributed by atoms with Gasteiger partial charge in [0.05, 0.1) is 17.8 Å². The van der Waals surface area contributed by atoms with Gasteiger partial charge in [-0.2, -0.15) is 0 Å². The second kappa shape index (κ2) is 8.04. The van der Waals surface area contributed by atoms with Crippen molar-refractivity contribution >= 4 is 0 Å². The van der Waals surface area contributed by atoms with Crippen LogP contribution in [-0.2, 0) is 4.74 Å². The van der Waals surface area contributed by atoms with Gasteiger partial charge in [0, 0.05) is 13.5 Å². The fourth-order valence-electron chi connectivity index (χ4n) is 1.60. The SMILES string of the molecule is CCCCCCC(O)CC(O)C(C)(C)OC. The molecule has 0 saturated heterocycles. The topological polar surface area (TPSA) is 49.7 Å². The highest BCUT2D eigenvalue weighted by Gasteiger charge is 2.28. The zero-order valence-corrected chi connectivity index (χ0v) is 11.2. The summed E-state index contributed by atoms with van der Waals surface area (Å²) in [5, 5.41) is 19.6. The fourth-order valence-corrected chi connectivity index (χ4v) is 1.60. The third-order valence-electron chi connectivity index (χ3n) is 3.21. The Morgan fingerprint density at radius 2 is 1.75 bits per heavy atom. The first-order valence-corrected chi connectivity index (χ1v) is 6.35. The quantitative estimate of drug-likeness (QED) is 0.600. The number of hydrogen-bond donors (Lipinski definition) is 2. The zero-order chi connectivity index (χ0) is 12.6. The Balaban J connectivity index is 3.73. The number of ether oxygens (including phenoxy) is 1. The van der Waals surface area contributed by atoms with Gasteiger partial charge in [0.1, 0.15) is 0 Å². The van der Waals surface area contributed by atoms with Crippen LogP contribution in [0.15, 0.2) is 0 Å². The highest BCUT2D eigenvalue weighted by molar-refractivity contribution is 4.80. The lowest BCUT2D eigenvalue weighted by Crippen LogP contribution is -2.40. The minimum Gasteiger partial charge on any atom is -0.393 e. The van der Waals surface area contributed by atoms with Gasteiger partial charge >= 0.3 is 0 Å². The van der Waals surface area contributed by atoms with E-state index in [0.717, 1.165) is 19.3 Å². The summed E-state index contributed by atoms with van der Waals surface area (Å²) in [6.45, 7) is 5.84. The van der Waals surface area contributed by atoms with Crippen molar-refractivity contribution in [1.29, 1.82) is 0 Å². The summed E-state index contributed by atoms with van der Waals surface area (Å²) < 4.78 is 5.18. The predicted molar refractivity (Wildman–Crippen MR) is 66.5 cm³/mol. The minimum atomic E-state index is -0.612. The van der Waals surface area contributed by atoms with E-state index in [-0.39, 0.29) is 0 Å². The molecule has 16 heavy (non-hydrogen) atoms. The number of aliphatic hydroxyl groups excluding tert-OH is 2. The van der Waals surface area contributed by atoms with Crippen LogP contribution in [0, 0.1) is 0 Å². The summed E-state index contributed by atoms with van der Waals surface area (Å²) in [5.41, 5.74) is -0.579. The lowest BCUT2D eigenvalue weighted by atomic mass is 9.94. The van der Waals surface area contributed by atoms with Crippen LogP contribution >= 0.6 is 0 Å². The van der Waals surface area contributed by atoms with Gasteiger partial charge in [-0.25, -0.2) is 0 Å². The molecular formula is C13H28O3. The van der Waals surface area contributed by atoms with Gasteiger partial charge in [-0.05, 0) is 20.3 Å². The van der Waals surface area contributed by atoms with Crippen molar-refractivity contribution in [3.8, 4) is 0 Å². The number of rotatable bonds is 9. The molecule has 98 valence electrons. The van der Waals surface area contributed by atoms with E-state index in [9.17, 15) is 10.2 Å². The van der Waals surface area contributed by atoms with Crippen LogP contribution in [-0.4, -0.2) is 35.1 Å². The van der Waals surface area contributed by atoms with E-state index in [2.05, 4.69) is 6.92 Å². The molecule has 0 aliphatic carbocycles. The minimum absolute atomic E-state index is 0.396. The molecule has 0 rings (SSSR count). The molecule has 3 heteroatoms. The summed E-state index contributed by atoms with van der Waals surface area (Å²) >= 11 is 0. The summed E-state index contributed by atoms with van der Waals surface area (Å²) in [5.74, 6) is 0. The Morgan fingerprint density at radius 1 is 1.12 bits per heavy atom. The Labute approximate surface area is 99.8 Å². The molecule has 2 atom stereocenters. The standard InChI is InChI=1S/C13H28O3/c1-5-6-7-8-9-11(14)10-12(15)13(2,3)16-4/h11-12,14-15H,5-10H2,1-4H3. The average molecular weight is 232 g/mol. The molecule has 0 radical (unpaired) electrons. The lowest BCUT2D eigenvalue weighted by molar-refractivity contribution is -0.0929. The van der Waals surface area contributed by atoms with Crippen LogP contribution in [0.25, 0.3) is 0 Å². The van der Waals surface area contributed by atoms with Crippen molar-refractivity contribution < 1.29 is 14.9 Å². The molecule has 0 saturated carbocycles. The molecule has 0 aromatic heterocycles. The van der Waals surface area contributed by atoms with Crippen molar-refractivity contribution in [2.45, 2.75) is 77.1 Å². The number of methoxy groups -OCH3 is 1. The van der Waals surface area contributed by atoms with Gasteiger partial charge in [0.2, 0.25) is 0 Å². The third-order valence-corrected chi connectivity index (χ3v) is 3.21. The first-order chi connectivity index (χ1) is 7.44. The maximum atomic E-state index is 9.87. The summed E-state index contributed by atoms with van der Waals surface area (Å²) in [7, 11) is 1.58. The molecule has 2 unspecified atom stereocenters. The van der Waals surface area contributed by atoms with Gasteiger partial charge in [0.15, 0.2) is 0 Å². The normalized spacial score (nSPS) is 16.1. The first-order valence-electron chi connectivity index (χ1n) is 6.35. The Morgan fingerprint density at radius 3 is 2.25 bits per heavy atom. The number of unbranched alkanes of at least 4 members (excludes halogenated alkanes) is 3. The van der Waals surface area contributed by atoms with Crippen molar-refractivity contribution in [3.05, 3.63) is 0 Å². The van der Waals surface area contributed by atoms with Gasteiger partial charge in [-0.1, -0.05) is 32.6 Å². The lowest BCUT2D eigenvalue weighted by Gasteiger charge is -2.30. The first kappa shape index (κ1) is 15.9. The smallest absolute Gasteiger partial charge is 0.0881 e. The Kier molecular flexibility index (Phi) is 7.98. The largest absolute Gasteiger partial charge is 0.393 e. The van der Waals surface area contributed by atoms with Crippen LogP contribution in [0.4, 0.5) is 0 Å². The number of aliphatic hydroxyl groups is 2. The van der Waals surface area contributed by atoms with E-state index < -0.39 is 17.8 Å². The third kappa shape index (κ3) is 6.46. The highest BCUT2D eigenvalue weighted by Crippen LogP contribution is 2.19. The molecule has 0 spiro atoms. The van der Waals surface area contributed by atoms with Gasteiger partial charge in [-0.15, -0.1) is 0 Å². The monoisotopic (exact) mass is 232 g/mol. The molecule has 0 aliphatic rings. The molecule has 0 aromatic rings. The number of hydrogen-bond acceptors (Lipinski definition) is 3. The summed E-state index contributed by atoms with van der Waals surface area (Å²) in [6, 6.07) is 0. The maximum absolute atomic E-state index is 9.87. The van der Waals surface area contributed by atoms with Crippen molar-refractivity contribution in [1.82, 2.24) is 0 Å². The van der Waals surface area contributed by atoms with Crippen LogP contribution in [0.2, 0.25) is 0 Å². The molecule has 2 N–H and O–H groups in total. The van der Waals surface area contributed by atoms with E-state index >= 15 is 0 Å². The summed E-state index contributed by atoms with van der Waals surface area (Å²) in [6.07, 6.45) is 4.77. The van der Waals surface area contributed by atoms with E-state index in [1.165, 1.54) is 12.8 Å². The molecule has 0 bridgehead atoms. The van der Waals surface area contributed by atoms with E-state index in [1.54, 1.807) is 7.11 Å². The molecular weight excluding hydrogens is 204 g/mol. The van der Waals surface area contributed by atoms with E-state index in [1.807, 2.05) is 13.8 Å². The van der Waals surface area contributed by atoms with Crippen molar-refractivity contribution in [3.63, 3.8) is 0 Å². The highest BCUT2D eigenvalue weighted by atomic mass is 16.5. The molecule has 0 aliphatic heterocycles. The van der Waals surface area contributed by atoms with Crippen LogP contribution in [0.3, 0.4) is 0 Å². The zero-order valence-electron chi connectivity index (χ0n) is 11.2. The second-order valence-electron chi connectivity index (χ2n) is 5.06. The predicted octanol–water partition coefficient (Wildman–Crippen LogP) is 2.49. The molecule has 0 aromatic carbocycles. The van der Waals surface area contributed by atoms with Crippen LogP contribution in [0.5, 0.6) is 0 Å². The second-order valence-corrected chi connectivity index (χ2v) is 5.06. The fraction of sp³-hybridized carbons (Fsp3) is 1.00. The maximum Gasteiger partial charge on any atom is 0.0881 e. The van der Waals surface area contributed by atoms with Crippen LogP contribution < -0.4 is 0 Å². The Bertz CT molecular complexity index is 169. The van der Waals surface area contributed by atoms with Gasteiger partial charge < -0.3 is 14.9 Å². The van der Waals surface area contributed by atoms with Crippen molar-refractivity contribution in [2.75, 3.05) is 7.11 Å². The van der Waals surface area contributed by atoms with E-state index in [0.29, 0.717) is 6.42 Å². The Hall–Kier alpha value is -0.120. The molecule has 3 nitrogen and oxygen atoms in total. The summed E-state index contributed by atoms with van der Waals surface area (Å²) in [4.78, 5) is 0. The molecule has 0 amide bonds. The molecule has 0 heterocycles. The van der Waals surface area contributed by atoms with Crippen LogP contribution in [0.1, 0.15) is 59.3 Å². The van der Waals surface area contributed by atoms with E-state index in [4.69, 9.17) is 4.74 Å². The molecule has 0 fully saturated rings. The van der Waals surface area contributed by atoms with Gasteiger partial charge in [0.25, 0.3) is 0 Å². The van der Waals surface area contributed by atoms with Gasteiger partial charge in [-0.3, -0.25) is 0 Å².